The van der Waals surface area contributed by atoms with Crippen molar-refractivity contribution in [1.82, 2.24) is 0 Å². The van der Waals surface area contributed by atoms with Crippen LogP contribution in [0.4, 0.5) is 0 Å². The summed E-state index contributed by atoms with van der Waals surface area (Å²) in [6, 6.07) is 2.94. The summed E-state index contributed by atoms with van der Waals surface area (Å²) in [5.41, 5.74) is 0. The van der Waals surface area contributed by atoms with Gasteiger partial charge in [-0.25, -0.2) is 0 Å². The van der Waals surface area contributed by atoms with Crippen LogP contribution in [-0.2, 0) is 25.9 Å². The first kappa shape index (κ1) is 41.1. The first-order valence-corrected chi connectivity index (χ1v) is 33.1. The summed E-state index contributed by atoms with van der Waals surface area (Å²) in [5, 5.41) is 0.0646. The van der Waals surface area contributed by atoms with E-state index in [0.29, 0.717) is 0 Å². The van der Waals surface area contributed by atoms with Crippen LogP contribution in [0.25, 0.3) is 0 Å². The van der Waals surface area contributed by atoms with Gasteiger partial charge in [-0.15, -0.1) is 0 Å². The normalized spacial score (nSPS) is 15.2. The van der Waals surface area contributed by atoms with Gasteiger partial charge in [0.05, 0.1) is 8.07 Å². The van der Waals surface area contributed by atoms with Crippen molar-refractivity contribution in [3.05, 3.63) is 0 Å². The molecular weight excluding hydrogens is 601 g/mol. The largest absolute Gasteiger partial charge is 0.499 e. The molecule has 0 aliphatic carbocycles. The van der Waals surface area contributed by atoms with Crippen LogP contribution in [0.1, 0.15) is 59.8 Å². The maximum Gasteiger partial charge on any atom is 0.499 e. The minimum Gasteiger partial charge on any atom is -0.437 e. The molecule has 0 saturated heterocycles. The fraction of sp³-hybridized carbons (Fsp3) is 1.00. The lowest BCUT2D eigenvalue weighted by Crippen LogP contribution is -2.63. The molecule has 0 aliphatic heterocycles. The average Bonchev–Trinajstić information content (AvgIpc) is 2.82. The standard InChI is InChI=1S/C28H70O6Si6/c1-19-27(20-2,23-24-39(18,33-35(8,9)10)34-36(11,12)13)38(16,17)32-28(21-3,22-4)37(14,15)25-26-40(29-5,30-6)31-7/h19-26H2,1-18H3. The molecule has 0 fully saturated rings. The Kier molecular flexibility index (Phi) is 15.8. The van der Waals surface area contributed by atoms with Crippen LogP contribution in [-0.4, -0.2) is 76.9 Å². The third-order valence-electron chi connectivity index (χ3n) is 9.55. The fourth-order valence-electron chi connectivity index (χ4n) is 6.98. The minimum absolute atomic E-state index is 0.0992. The first-order chi connectivity index (χ1) is 18.0. The molecule has 6 nitrogen and oxygen atoms in total. The molecule has 0 amide bonds. The summed E-state index contributed by atoms with van der Waals surface area (Å²) in [7, 11) is -7.41. The molecule has 0 aliphatic rings. The molecule has 0 bridgehead atoms. The van der Waals surface area contributed by atoms with E-state index in [-0.39, 0.29) is 10.3 Å². The van der Waals surface area contributed by atoms with Crippen molar-refractivity contribution in [1.29, 1.82) is 0 Å². The van der Waals surface area contributed by atoms with E-state index in [1.807, 2.05) is 0 Å². The maximum absolute atomic E-state index is 7.71. The Morgan fingerprint density at radius 2 is 0.925 bits per heavy atom. The smallest absolute Gasteiger partial charge is 0.437 e. The first-order valence-electron chi connectivity index (χ1n) is 15.7. The maximum atomic E-state index is 7.71. The molecule has 0 spiro atoms. The van der Waals surface area contributed by atoms with Gasteiger partial charge in [0.1, 0.15) is 0 Å². The molecule has 0 saturated carbocycles. The molecule has 0 radical (unpaired) electrons. The van der Waals surface area contributed by atoms with Crippen LogP contribution in [0.5, 0.6) is 0 Å². The summed E-state index contributed by atoms with van der Waals surface area (Å²) in [4.78, 5) is 0. The van der Waals surface area contributed by atoms with Gasteiger partial charge >= 0.3 is 17.4 Å². The predicted octanol–water partition coefficient (Wildman–Crippen LogP) is 9.62. The van der Waals surface area contributed by atoms with Crippen molar-refractivity contribution >= 4 is 50.4 Å². The van der Waals surface area contributed by atoms with E-state index < -0.39 is 50.4 Å². The van der Waals surface area contributed by atoms with Crippen molar-refractivity contribution in [2.24, 2.45) is 0 Å². The lowest BCUT2D eigenvalue weighted by atomic mass is 9.99. The average molecular weight is 671 g/mol. The highest BCUT2D eigenvalue weighted by Gasteiger charge is 2.56. The lowest BCUT2D eigenvalue weighted by Gasteiger charge is -2.55. The zero-order chi connectivity index (χ0) is 31.9. The summed E-state index contributed by atoms with van der Waals surface area (Å²) >= 11 is 0. The summed E-state index contributed by atoms with van der Waals surface area (Å²) in [5.74, 6) is 0. The van der Waals surface area contributed by atoms with E-state index in [2.05, 4.69) is 99.7 Å². The van der Waals surface area contributed by atoms with Crippen LogP contribution in [0.3, 0.4) is 0 Å². The van der Waals surface area contributed by atoms with E-state index in [4.69, 9.17) is 25.9 Å². The van der Waals surface area contributed by atoms with E-state index in [1.165, 1.54) is 0 Å². The SMILES string of the molecule is CCC(CC)(O[Si](C)(C)C(CC)(CC)CC[Si](C)(O[Si](C)(C)C)O[Si](C)(C)C)[Si](C)(C)CC[Si](OC)(OC)OC. The van der Waals surface area contributed by atoms with Gasteiger partial charge in [-0.1, -0.05) is 59.7 Å². The Balaban J connectivity index is 6.39. The van der Waals surface area contributed by atoms with Crippen molar-refractivity contribution in [2.45, 2.75) is 160 Å². The molecule has 0 N–H and O–H groups in total. The van der Waals surface area contributed by atoms with Gasteiger partial charge in [0.25, 0.3) is 0 Å². The molecule has 0 heterocycles. The van der Waals surface area contributed by atoms with Crippen molar-refractivity contribution in [2.75, 3.05) is 21.3 Å². The Bertz CT molecular complexity index is 714. The summed E-state index contributed by atoms with van der Waals surface area (Å²) in [6.45, 7) is 35.6. The summed E-state index contributed by atoms with van der Waals surface area (Å²) in [6.07, 6.45) is 5.45. The van der Waals surface area contributed by atoms with Crippen molar-refractivity contribution in [3.8, 4) is 0 Å². The van der Waals surface area contributed by atoms with Gasteiger partial charge in [0.2, 0.25) is 0 Å². The molecule has 0 aromatic heterocycles. The second-order valence-electron chi connectivity index (χ2n) is 15.0. The fourth-order valence-corrected chi connectivity index (χ4v) is 32.9. The minimum atomic E-state index is -2.64. The molecule has 0 aromatic carbocycles. The number of rotatable bonds is 21. The molecule has 0 aromatic rings. The van der Waals surface area contributed by atoms with Crippen LogP contribution >= 0.6 is 0 Å². The van der Waals surface area contributed by atoms with Crippen LogP contribution in [0.2, 0.25) is 95.2 Å². The highest BCUT2D eigenvalue weighted by molar-refractivity contribution is 6.88. The Labute approximate surface area is 257 Å². The Hall–Kier alpha value is 1.06. The molecule has 0 unspecified atom stereocenters. The van der Waals surface area contributed by atoms with Crippen molar-refractivity contribution < 1.29 is 25.9 Å². The van der Waals surface area contributed by atoms with Crippen LogP contribution in [0.15, 0.2) is 0 Å². The third kappa shape index (κ3) is 10.9. The van der Waals surface area contributed by atoms with Gasteiger partial charge in [-0.2, -0.15) is 0 Å². The molecular formula is C28H70O6Si6. The van der Waals surface area contributed by atoms with Crippen LogP contribution < -0.4 is 0 Å². The number of hydrogen-bond donors (Lipinski definition) is 0. The highest BCUT2D eigenvalue weighted by atomic mass is 28.5. The predicted molar refractivity (Wildman–Crippen MR) is 189 cm³/mol. The highest BCUT2D eigenvalue weighted by Crippen LogP contribution is 2.54. The van der Waals surface area contributed by atoms with Gasteiger partial charge in [0.15, 0.2) is 25.0 Å². The number of hydrogen-bond acceptors (Lipinski definition) is 6. The Morgan fingerprint density at radius 1 is 0.525 bits per heavy atom. The quantitative estimate of drug-likeness (QED) is 0.113. The molecule has 0 atom stereocenters. The van der Waals surface area contributed by atoms with E-state index >= 15 is 0 Å². The topological polar surface area (TPSA) is 55.4 Å². The van der Waals surface area contributed by atoms with E-state index in [1.54, 1.807) is 21.3 Å². The molecule has 40 heavy (non-hydrogen) atoms. The van der Waals surface area contributed by atoms with Gasteiger partial charge < -0.3 is 25.9 Å². The van der Waals surface area contributed by atoms with Gasteiger partial charge in [0, 0.05) is 32.6 Å². The van der Waals surface area contributed by atoms with Crippen LogP contribution in [0, 0.1) is 0 Å². The lowest BCUT2D eigenvalue weighted by molar-refractivity contribution is 0.108. The second kappa shape index (κ2) is 15.4. The third-order valence-corrected chi connectivity index (χ3v) is 31.7. The molecule has 12 heteroatoms. The van der Waals surface area contributed by atoms with Crippen molar-refractivity contribution in [3.63, 3.8) is 0 Å². The molecule has 242 valence electrons. The molecule has 0 rings (SSSR count). The van der Waals surface area contributed by atoms with Gasteiger partial charge in [-0.3, -0.25) is 0 Å². The van der Waals surface area contributed by atoms with E-state index in [0.717, 1.165) is 50.2 Å². The summed E-state index contributed by atoms with van der Waals surface area (Å²) < 4.78 is 39.0. The zero-order valence-corrected chi connectivity index (χ0v) is 36.1. The zero-order valence-electron chi connectivity index (χ0n) is 30.1. The Morgan fingerprint density at radius 3 is 1.23 bits per heavy atom. The van der Waals surface area contributed by atoms with Gasteiger partial charge in [-0.05, 0) is 89.3 Å². The second-order valence-corrected chi connectivity index (χ2v) is 40.4. The monoisotopic (exact) mass is 670 g/mol. The van der Waals surface area contributed by atoms with E-state index in [9.17, 15) is 0 Å².